The van der Waals surface area contributed by atoms with Gasteiger partial charge in [-0.25, -0.2) is 0 Å². The maximum Gasteiger partial charge on any atom is 0.231 e. The molecule has 100 valence electrons. The van der Waals surface area contributed by atoms with Crippen LogP contribution in [0.15, 0.2) is 18.2 Å². The fourth-order valence-corrected chi connectivity index (χ4v) is 2.23. The Morgan fingerprint density at radius 1 is 1.11 bits per heavy atom. The minimum Gasteiger partial charge on any atom is -0.454 e. The van der Waals surface area contributed by atoms with Crippen LogP contribution in [-0.4, -0.2) is 11.9 Å². The molecule has 1 N–H and O–H groups in total. The summed E-state index contributed by atoms with van der Waals surface area (Å²) in [4.78, 5) is 0. The van der Waals surface area contributed by atoms with Crippen LogP contribution in [0.1, 0.15) is 57.1 Å². The smallest absolute Gasteiger partial charge is 0.231 e. The molecule has 0 radical (unpaired) electrons. The average Bonchev–Trinajstić information content (AvgIpc) is 2.85. The number of fused-ring (bicyclic) bond motifs is 1. The molecule has 1 atom stereocenters. The second-order valence-corrected chi connectivity index (χ2v) is 4.83. The highest BCUT2D eigenvalue weighted by Crippen LogP contribution is 2.35. The van der Waals surface area contributed by atoms with E-state index < -0.39 is 0 Å². The van der Waals surface area contributed by atoms with Crippen LogP contribution >= 0.6 is 0 Å². The monoisotopic (exact) mass is 250 g/mol. The highest BCUT2D eigenvalue weighted by Gasteiger charge is 2.16. The van der Waals surface area contributed by atoms with E-state index in [4.69, 9.17) is 9.47 Å². The van der Waals surface area contributed by atoms with E-state index in [1.165, 1.54) is 25.7 Å². The summed E-state index contributed by atoms with van der Waals surface area (Å²) in [6, 6.07) is 5.68. The Hall–Kier alpha value is -1.22. The molecular formula is C15H22O3. The highest BCUT2D eigenvalue weighted by atomic mass is 16.7. The Bertz CT molecular complexity index is 376. The van der Waals surface area contributed by atoms with E-state index in [-0.39, 0.29) is 12.9 Å². The van der Waals surface area contributed by atoms with E-state index in [1.807, 2.05) is 18.2 Å². The number of ether oxygens (including phenoxy) is 2. The average molecular weight is 250 g/mol. The summed E-state index contributed by atoms with van der Waals surface area (Å²) in [5, 5.41) is 10.1. The SMILES string of the molecule is CCCCCCCC(O)c1ccc2c(c1)OCO2. The maximum atomic E-state index is 10.1. The number of aliphatic hydroxyl groups is 1. The summed E-state index contributed by atoms with van der Waals surface area (Å²) in [5.41, 5.74) is 0.926. The minimum atomic E-state index is -0.388. The zero-order chi connectivity index (χ0) is 12.8. The molecule has 1 unspecified atom stereocenters. The molecule has 1 aromatic carbocycles. The normalized spacial score (nSPS) is 14.8. The van der Waals surface area contributed by atoms with Gasteiger partial charge in [0, 0.05) is 0 Å². The Morgan fingerprint density at radius 2 is 1.89 bits per heavy atom. The van der Waals surface area contributed by atoms with Crippen LogP contribution < -0.4 is 9.47 Å². The van der Waals surface area contributed by atoms with Crippen molar-refractivity contribution in [3.8, 4) is 11.5 Å². The fraction of sp³-hybridized carbons (Fsp3) is 0.600. The van der Waals surface area contributed by atoms with Crippen molar-refractivity contribution in [1.29, 1.82) is 0 Å². The first kappa shape index (κ1) is 13.2. The molecule has 1 aliphatic rings. The Labute approximate surface area is 109 Å². The quantitative estimate of drug-likeness (QED) is 0.748. The predicted octanol–water partition coefficient (Wildman–Crippen LogP) is 3.81. The summed E-state index contributed by atoms with van der Waals surface area (Å²) < 4.78 is 10.6. The van der Waals surface area contributed by atoms with Gasteiger partial charge < -0.3 is 14.6 Å². The lowest BCUT2D eigenvalue weighted by Gasteiger charge is -2.11. The van der Waals surface area contributed by atoms with Crippen molar-refractivity contribution >= 4 is 0 Å². The molecule has 2 rings (SSSR count). The molecule has 1 heterocycles. The zero-order valence-corrected chi connectivity index (χ0v) is 11.0. The van der Waals surface area contributed by atoms with Crippen molar-refractivity contribution in [1.82, 2.24) is 0 Å². The third-order valence-electron chi connectivity index (χ3n) is 3.36. The molecule has 0 fully saturated rings. The van der Waals surface area contributed by atoms with Gasteiger partial charge in [0.1, 0.15) is 0 Å². The van der Waals surface area contributed by atoms with Gasteiger partial charge in [-0.15, -0.1) is 0 Å². The van der Waals surface area contributed by atoms with Crippen LogP contribution in [0, 0.1) is 0 Å². The van der Waals surface area contributed by atoms with Crippen LogP contribution in [0.2, 0.25) is 0 Å². The summed E-state index contributed by atoms with van der Waals surface area (Å²) in [6.45, 7) is 2.49. The summed E-state index contributed by atoms with van der Waals surface area (Å²) in [7, 11) is 0. The number of rotatable bonds is 7. The molecule has 3 heteroatoms. The van der Waals surface area contributed by atoms with Gasteiger partial charge in [-0.05, 0) is 24.1 Å². The van der Waals surface area contributed by atoms with Crippen LogP contribution in [0.25, 0.3) is 0 Å². The van der Waals surface area contributed by atoms with E-state index in [9.17, 15) is 5.11 Å². The van der Waals surface area contributed by atoms with Crippen molar-refractivity contribution in [3.63, 3.8) is 0 Å². The molecule has 18 heavy (non-hydrogen) atoms. The molecule has 0 saturated heterocycles. The summed E-state index contributed by atoms with van der Waals surface area (Å²) >= 11 is 0. The molecule has 0 saturated carbocycles. The van der Waals surface area contributed by atoms with Crippen LogP contribution in [-0.2, 0) is 0 Å². The molecule has 1 aliphatic heterocycles. The fourth-order valence-electron chi connectivity index (χ4n) is 2.23. The van der Waals surface area contributed by atoms with Crippen molar-refractivity contribution in [2.75, 3.05) is 6.79 Å². The Balaban J connectivity index is 1.80. The molecule has 0 amide bonds. The summed E-state index contributed by atoms with van der Waals surface area (Å²) in [5.74, 6) is 1.52. The van der Waals surface area contributed by atoms with Gasteiger partial charge in [0.15, 0.2) is 11.5 Å². The molecule has 1 aromatic rings. The van der Waals surface area contributed by atoms with Gasteiger partial charge in [0.25, 0.3) is 0 Å². The van der Waals surface area contributed by atoms with Crippen molar-refractivity contribution in [3.05, 3.63) is 23.8 Å². The zero-order valence-electron chi connectivity index (χ0n) is 11.0. The number of aliphatic hydroxyl groups excluding tert-OH is 1. The number of hydrogen-bond donors (Lipinski definition) is 1. The second kappa shape index (κ2) is 6.64. The molecular weight excluding hydrogens is 228 g/mol. The van der Waals surface area contributed by atoms with Crippen LogP contribution in [0.3, 0.4) is 0 Å². The van der Waals surface area contributed by atoms with E-state index in [0.717, 1.165) is 29.9 Å². The van der Waals surface area contributed by atoms with E-state index in [0.29, 0.717) is 0 Å². The Morgan fingerprint density at radius 3 is 2.72 bits per heavy atom. The molecule has 0 spiro atoms. The van der Waals surface area contributed by atoms with Crippen molar-refractivity contribution in [2.45, 2.75) is 51.6 Å². The number of unbranched alkanes of at least 4 members (excludes halogenated alkanes) is 4. The lowest BCUT2D eigenvalue weighted by atomic mass is 10.0. The van der Waals surface area contributed by atoms with Crippen molar-refractivity contribution in [2.24, 2.45) is 0 Å². The molecule has 0 aromatic heterocycles. The molecule has 0 aliphatic carbocycles. The van der Waals surface area contributed by atoms with E-state index >= 15 is 0 Å². The largest absolute Gasteiger partial charge is 0.454 e. The van der Waals surface area contributed by atoms with Crippen LogP contribution in [0.4, 0.5) is 0 Å². The second-order valence-electron chi connectivity index (χ2n) is 4.83. The topological polar surface area (TPSA) is 38.7 Å². The standard InChI is InChI=1S/C15H22O3/c1-2-3-4-5-6-7-13(16)12-8-9-14-15(10-12)18-11-17-14/h8-10,13,16H,2-7,11H2,1H3. The van der Waals surface area contributed by atoms with Gasteiger partial charge in [-0.2, -0.15) is 0 Å². The Kier molecular flexibility index (Phi) is 4.88. The van der Waals surface area contributed by atoms with Gasteiger partial charge in [-0.3, -0.25) is 0 Å². The number of benzene rings is 1. The third kappa shape index (κ3) is 3.39. The predicted molar refractivity (Wildman–Crippen MR) is 70.9 cm³/mol. The first-order valence-corrected chi connectivity index (χ1v) is 6.89. The highest BCUT2D eigenvalue weighted by molar-refractivity contribution is 5.45. The van der Waals surface area contributed by atoms with E-state index in [2.05, 4.69) is 6.92 Å². The van der Waals surface area contributed by atoms with Gasteiger partial charge in [0.05, 0.1) is 6.10 Å². The first-order chi connectivity index (χ1) is 8.81. The van der Waals surface area contributed by atoms with E-state index in [1.54, 1.807) is 0 Å². The van der Waals surface area contributed by atoms with Gasteiger partial charge >= 0.3 is 0 Å². The summed E-state index contributed by atoms with van der Waals surface area (Å²) in [6.07, 6.45) is 6.53. The van der Waals surface area contributed by atoms with Gasteiger partial charge in [0.2, 0.25) is 6.79 Å². The number of hydrogen-bond acceptors (Lipinski definition) is 3. The first-order valence-electron chi connectivity index (χ1n) is 6.89. The lowest BCUT2D eigenvalue weighted by Crippen LogP contribution is -1.97. The van der Waals surface area contributed by atoms with Crippen molar-refractivity contribution < 1.29 is 14.6 Å². The molecule has 0 bridgehead atoms. The van der Waals surface area contributed by atoms with Gasteiger partial charge in [-0.1, -0.05) is 45.1 Å². The maximum absolute atomic E-state index is 10.1. The third-order valence-corrected chi connectivity index (χ3v) is 3.36. The molecule has 3 nitrogen and oxygen atoms in total. The minimum absolute atomic E-state index is 0.284. The van der Waals surface area contributed by atoms with Crippen LogP contribution in [0.5, 0.6) is 11.5 Å². The lowest BCUT2D eigenvalue weighted by molar-refractivity contribution is 0.162.